The third kappa shape index (κ3) is 5.36. The lowest BCUT2D eigenvalue weighted by Crippen LogP contribution is -2.38. The average Bonchev–Trinajstić information content (AvgIpc) is 2.78. The molecule has 1 aliphatic rings. The van der Waals surface area contributed by atoms with Crippen molar-refractivity contribution in [1.29, 1.82) is 0 Å². The van der Waals surface area contributed by atoms with E-state index in [4.69, 9.17) is 16.3 Å². The Labute approximate surface area is 154 Å². The lowest BCUT2D eigenvalue weighted by molar-refractivity contribution is -0.132. The van der Waals surface area contributed by atoms with E-state index in [0.29, 0.717) is 48.9 Å². The van der Waals surface area contributed by atoms with Crippen LogP contribution in [0.4, 0.5) is 0 Å². The van der Waals surface area contributed by atoms with Crippen molar-refractivity contribution in [3.63, 3.8) is 0 Å². The van der Waals surface area contributed by atoms with Gasteiger partial charge in [-0.2, -0.15) is 0 Å². The van der Waals surface area contributed by atoms with Gasteiger partial charge in [-0.25, -0.2) is 0 Å². The number of carbonyl (C=O) groups is 2. The van der Waals surface area contributed by atoms with Gasteiger partial charge >= 0.3 is 0 Å². The number of hydrogen-bond donors (Lipinski definition) is 0. The topological polar surface area (TPSA) is 49.9 Å². The fourth-order valence-corrected chi connectivity index (χ4v) is 3.18. The van der Waals surface area contributed by atoms with Gasteiger partial charge in [0.05, 0.1) is 12.1 Å². The van der Waals surface area contributed by atoms with E-state index >= 15 is 0 Å². The van der Waals surface area contributed by atoms with Gasteiger partial charge in [0.15, 0.2) is 0 Å². The number of rotatable bonds is 3. The Morgan fingerprint density at radius 3 is 2.36 bits per heavy atom. The maximum atomic E-state index is 12.7. The lowest BCUT2D eigenvalue weighted by Gasteiger charge is -2.25. The highest BCUT2D eigenvalue weighted by molar-refractivity contribution is 6.32. The Hall–Kier alpha value is -1.75. The minimum absolute atomic E-state index is 0.0290. The molecule has 1 fully saturated rings. The molecule has 0 atom stereocenters. The molecule has 25 heavy (non-hydrogen) atoms. The van der Waals surface area contributed by atoms with Crippen LogP contribution in [0, 0.1) is 5.41 Å². The largest absolute Gasteiger partial charge is 0.495 e. The van der Waals surface area contributed by atoms with Crippen molar-refractivity contribution in [1.82, 2.24) is 9.80 Å². The summed E-state index contributed by atoms with van der Waals surface area (Å²) >= 11 is 6.12. The Morgan fingerprint density at radius 1 is 1.12 bits per heavy atom. The third-order valence-corrected chi connectivity index (χ3v) is 4.51. The molecular formula is C19H27ClN2O3. The second-order valence-electron chi connectivity index (χ2n) is 7.61. The van der Waals surface area contributed by atoms with Crippen LogP contribution in [0.3, 0.4) is 0 Å². The molecule has 0 saturated carbocycles. The van der Waals surface area contributed by atoms with E-state index in [1.54, 1.807) is 30.2 Å². The van der Waals surface area contributed by atoms with Crippen LogP contribution in [0.5, 0.6) is 5.75 Å². The molecule has 0 spiro atoms. The van der Waals surface area contributed by atoms with Gasteiger partial charge < -0.3 is 14.5 Å². The van der Waals surface area contributed by atoms with Crippen LogP contribution in [0.2, 0.25) is 5.02 Å². The molecule has 0 aliphatic carbocycles. The van der Waals surface area contributed by atoms with E-state index in [0.717, 1.165) is 6.42 Å². The first kappa shape index (κ1) is 19.6. The molecule has 1 heterocycles. The van der Waals surface area contributed by atoms with Crippen molar-refractivity contribution >= 4 is 23.4 Å². The van der Waals surface area contributed by atoms with E-state index in [-0.39, 0.29) is 17.2 Å². The summed E-state index contributed by atoms with van der Waals surface area (Å²) in [7, 11) is 1.54. The fraction of sp³-hybridized carbons (Fsp3) is 0.579. The highest BCUT2D eigenvalue weighted by atomic mass is 35.5. The summed E-state index contributed by atoms with van der Waals surface area (Å²) in [6.07, 6.45) is 1.31. The minimum Gasteiger partial charge on any atom is -0.495 e. The molecule has 1 aliphatic heterocycles. The Morgan fingerprint density at radius 2 is 1.76 bits per heavy atom. The Kier molecular flexibility index (Phi) is 6.33. The van der Waals surface area contributed by atoms with E-state index < -0.39 is 0 Å². The molecule has 0 unspecified atom stereocenters. The van der Waals surface area contributed by atoms with Crippen molar-refractivity contribution in [3.05, 3.63) is 28.8 Å². The molecule has 0 bridgehead atoms. The Balaban J connectivity index is 2.01. The number of halogens is 1. The van der Waals surface area contributed by atoms with Gasteiger partial charge in [-0.05, 0) is 30.0 Å². The highest BCUT2D eigenvalue weighted by Crippen LogP contribution is 2.26. The monoisotopic (exact) mass is 366 g/mol. The summed E-state index contributed by atoms with van der Waals surface area (Å²) in [6.45, 7) is 8.64. The maximum absolute atomic E-state index is 12.7. The zero-order chi connectivity index (χ0) is 18.6. The first-order valence-corrected chi connectivity index (χ1v) is 8.99. The zero-order valence-electron chi connectivity index (χ0n) is 15.5. The van der Waals surface area contributed by atoms with E-state index in [2.05, 4.69) is 20.8 Å². The number of amides is 2. The van der Waals surface area contributed by atoms with Crippen molar-refractivity contribution in [3.8, 4) is 5.75 Å². The van der Waals surface area contributed by atoms with Crippen LogP contribution in [-0.2, 0) is 4.79 Å². The summed E-state index contributed by atoms with van der Waals surface area (Å²) in [4.78, 5) is 28.8. The number of methoxy groups -OCH3 is 1. The van der Waals surface area contributed by atoms with Gasteiger partial charge in [-0.15, -0.1) is 0 Å². The molecule has 0 aromatic heterocycles. The van der Waals surface area contributed by atoms with Crippen LogP contribution in [0.1, 0.15) is 44.0 Å². The molecule has 6 heteroatoms. The van der Waals surface area contributed by atoms with Gasteiger partial charge in [0.1, 0.15) is 5.75 Å². The van der Waals surface area contributed by atoms with Crippen LogP contribution in [-0.4, -0.2) is 54.9 Å². The van der Waals surface area contributed by atoms with Crippen molar-refractivity contribution in [2.24, 2.45) is 5.41 Å². The first-order chi connectivity index (χ1) is 11.7. The fourth-order valence-electron chi connectivity index (χ4n) is 2.92. The summed E-state index contributed by atoms with van der Waals surface area (Å²) in [5.74, 6) is 0.650. The highest BCUT2D eigenvalue weighted by Gasteiger charge is 2.25. The second-order valence-corrected chi connectivity index (χ2v) is 8.02. The van der Waals surface area contributed by atoms with Crippen LogP contribution in [0.25, 0.3) is 0 Å². The molecule has 0 radical (unpaired) electrons. The summed E-state index contributed by atoms with van der Waals surface area (Å²) in [6, 6.07) is 5.06. The number of nitrogens with zero attached hydrogens (tertiary/aromatic N) is 2. The molecule has 2 rings (SSSR count). The second kappa shape index (κ2) is 8.09. The molecule has 1 aromatic rings. The molecule has 2 amide bonds. The Bertz CT molecular complexity index is 640. The standard InChI is InChI=1S/C19H27ClN2O3/c1-19(2,3)13-17(23)21-8-5-9-22(11-10-21)18(24)14-6-7-16(25-4)15(20)12-14/h6-7,12H,5,8-11,13H2,1-4H3. The molecule has 1 aromatic carbocycles. The van der Waals surface area contributed by atoms with Gasteiger partial charge in [-0.1, -0.05) is 32.4 Å². The smallest absolute Gasteiger partial charge is 0.253 e. The zero-order valence-corrected chi connectivity index (χ0v) is 16.2. The van der Waals surface area contributed by atoms with Gasteiger partial charge in [0, 0.05) is 38.2 Å². The maximum Gasteiger partial charge on any atom is 0.253 e. The normalized spacial score (nSPS) is 15.7. The quantitative estimate of drug-likeness (QED) is 0.823. The van der Waals surface area contributed by atoms with E-state index in [1.165, 1.54) is 0 Å². The van der Waals surface area contributed by atoms with Gasteiger partial charge in [0.25, 0.3) is 5.91 Å². The molecule has 0 N–H and O–H groups in total. The molecule has 5 nitrogen and oxygen atoms in total. The number of ether oxygens (including phenoxy) is 1. The van der Waals surface area contributed by atoms with Crippen molar-refractivity contribution in [2.75, 3.05) is 33.3 Å². The van der Waals surface area contributed by atoms with E-state index in [9.17, 15) is 9.59 Å². The predicted octanol–water partition coefficient (Wildman–Crippen LogP) is 3.46. The number of benzene rings is 1. The molecule has 1 saturated heterocycles. The first-order valence-electron chi connectivity index (χ1n) is 8.62. The third-order valence-electron chi connectivity index (χ3n) is 4.22. The van der Waals surface area contributed by atoms with Crippen molar-refractivity contribution < 1.29 is 14.3 Å². The van der Waals surface area contributed by atoms with Crippen LogP contribution < -0.4 is 4.74 Å². The SMILES string of the molecule is COc1ccc(C(=O)N2CCCN(C(=O)CC(C)(C)C)CC2)cc1Cl. The predicted molar refractivity (Wildman–Crippen MR) is 99.2 cm³/mol. The number of carbonyl (C=O) groups excluding carboxylic acids is 2. The molecular weight excluding hydrogens is 340 g/mol. The number of hydrogen-bond acceptors (Lipinski definition) is 3. The van der Waals surface area contributed by atoms with Crippen LogP contribution in [0.15, 0.2) is 18.2 Å². The molecule has 138 valence electrons. The average molecular weight is 367 g/mol. The van der Waals surface area contributed by atoms with Gasteiger partial charge in [0.2, 0.25) is 5.91 Å². The summed E-state index contributed by atoms with van der Waals surface area (Å²) < 4.78 is 5.12. The lowest BCUT2D eigenvalue weighted by atomic mass is 9.91. The summed E-state index contributed by atoms with van der Waals surface area (Å²) in [5, 5.41) is 0.421. The van der Waals surface area contributed by atoms with Crippen molar-refractivity contribution in [2.45, 2.75) is 33.6 Å². The van der Waals surface area contributed by atoms with E-state index in [1.807, 2.05) is 4.90 Å². The van der Waals surface area contributed by atoms with Crippen LogP contribution >= 0.6 is 11.6 Å². The summed E-state index contributed by atoms with van der Waals surface area (Å²) in [5.41, 5.74) is 0.513. The minimum atomic E-state index is -0.0605. The van der Waals surface area contributed by atoms with Gasteiger partial charge in [-0.3, -0.25) is 9.59 Å².